The van der Waals surface area contributed by atoms with Crippen molar-refractivity contribution in [2.75, 3.05) is 13.6 Å². The second-order valence-corrected chi connectivity index (χ2v) is 7.81. The molecule has 2 atom stereocenters. The average molecular weight is 429 g/mol. The van der Waals surface area contributed by atoms with Gasteiger partial charge in [-0.05, 0) is 29.7 Å². The number of nitrogens with one attached hydrogen (secondary N) is 2. The van der Waals surface area contributed by atoms with Gasteiger partial charge in [0, 0.05) is 30.7 Å². The molecule has 1 aliphatic heterocycles. The van der Waals surface area contributed by atoms with E-state index in [-0.39, 0.29) is 23.7 Å². The minimum Gasteiger partial charge on any atom is -0.339 e. The molecule has 0 spiro atoms. The quantitative estimate of drug-likeness (QED) is 0.631. The second kappa shape index (κ2) is 8.91. The summed E-state index contributed by atoms with van der Waals surface area (Å²) in [6.45, 7) is 0.835. The van der Waals surface area contributed by atoms with E-state index in [1.807, 2.05) is 18.2 Å². The van der Waals surface area contributed by atoms with Crippen LogP contribution in [0.5, 0.6) is 0 Å². The van der Waals surface area contributed by atoms with Gasteiger partial charge in [-0.1, -0.05) is 53.2 Å². The molecule has 156 valence electrons. The zero-order valence-corrected chi connectivity index (χ0v) is 17.2. The number of aromatic nitrogens is 3. The number of carbonyl (C=O) groups is 1. The van der Waals surface area contributed by atoms with Gasteiger partial charge in [-0.15, -0.1) is 5.10 Å². The number of hydrogen-bond donors (Lipinski definition) is 2. The van der Waals surface area contributed by atoms with Crippen LogP contribution in [0.4, 0.5) is 4.39 Å². The van der Waals surface area contributed by atoms with Crippen LogP contribution in [0.15, 0.2) is 54.7 Å². The minimum atomic E-state index is -0.399. The number of benzene rings is 2. The zero-order valence-electron chi connectivity index (χ0n) is 16.4. The Morgan fingerprint density at radius 3 is 2.83 bits per heavy atom. The van der Waals surface area contributed by atoms with Gasteiger partial charge >= 0.3 is 0 Å². The highest BCUT2D eigenvalue weighted by molar-refractivity contribution is 6.31. The third-order valence-corrected chi connectivity index (χ3v) is 5.48. The third-order valence-electron chi connectivity index (χ3n) is 5.13. The van der Waals surface area contributed by atoms with Crippen molar-refractivity contribution in [3.63, 3.8) is 0 Å². The van der Waals surface area contributed by atoms with Crippen molar-refractivity contribution >= 4 is 17.5 Å². The van der Waals surface area contributed by atoms with Crippen molar-refractivity contribution in [1.29, 1.82) is 0 Å². The van der Waals surface area contributed by atoms with Gasteiger partial charge in [0.2, 0.25) is 0 Å². The molecule has 0 aliphatic carbocycles. The molecule has 2 heterocycles. The van der Waals surface area contributed by atoms with Crippen LogP contribution in [0.1, 0.15) is 34.1 Å². The second-order valence-electron chi connectivity index (χ2n) is 7.41. The monoisotopic (exact) mass is 428 g/mol. The normalized spacial score (nSPS) is 18.5. The zero-order chi connectivity index (χ0) is 21.1. The molecule has 2 unspecified atom stereocenters. The summed E-state index contributed by atoms with van der Waals surface area (Å²) in [5.41, 5.74) is 8.71. The summed E-state index contributed by atoms with van der Waals surface area (Å²) in [5, 5.41) is 8.30. The highest BCUT2D eigenvalue weighted by atomic mass is 35.5. The van der Waals surface area contributed by atoms with E-state index < -0.39 is 5.82 Å². The van der Waals surface area contributed by atoms with E-state index in [9.17, 15) is 9.18 Å². The fourth-order valence-electron chi connectivity index (χ4n) is 3.55. The van der Waals surface area contributed by atoms with E-state index in [1.54, 1.807) is 24.2 Å². The molecule has 2 N–H and O–H groups in total. The van der Waals surface area contributed by atoms with Crippen molar-refractivity contribution in [2.24, 2.45) is 0 Å². The fraction of sp³-hybridized carbons (Fsp3) is 0.286. The first-order valence-electron chi connectivity index (χ1n) is 9.65. The number of likely N-dealkylation sites (N-methyl/N-ethyl adjacent to an activating group) is 1. The largest absolute Gasteiger partial charge is 0.339 e. The molecule has 2 aromatic carbocycles. The molecule has 3 aromatic rings. The van der Waals surface area contributed by atoms with Crippen LogP contribution in [-0.2, 0) is 6.54 Å². The maximum Gasteiger partial charge on any atom is 0.275 e. The Kier molecular flexibility index (Phi) is 6.08. The molecule has 0 bridgehead atoms. The summed E-state index contributed by atoms with van der Waals surface area (Å²) in [7, 11) is 1.75. The smallest absolute Gasteiger partial charge is 0.275 e. The molecule has 0 saturated carbocycles. The lowest BCUT2D eigenvalue weighted by Gasteiger charge is -2.19. The van der Waals surface area contributed by atoms with E-state index in [4.69, 9.17) is 11.6 Å². The topological polar surface area (TPSA) is 75.1 Å². The molecule has 4 rings (SSSR count). The lowest BCUT2D eigenvalue weighted by molar-refractivity contribution is 0.0777. The number of hydrazine groups is 1. The Balaban J connectivity index is 1.34. The Labute approximate surface area is 178 Å². The van der Waals surface area contributed by atoms with Crippen LogP contribution in [0, 0.1) is 5.82 Å². The summed E-state index contributed by atoms with van der Waals surface area (Å²) in [6.07, 6.45) is 2.45. The molecule has 0 radical (unpaired) electrons. The van der Waals surface area contributed by atoms with Gasteiger partial charge in [-0.2, -0.15) is 0 Å². The van der Waals surface area contributed by atoms with E-state index >= 15 is 0 Å². The van der Waals surface area contributed by atoms with E-state index in [0.29, 0.717) is 23.7 Å². The van der Waals surface area contributed by atoms with Crippen molar-refractivity contribution in [3.05, 3.63) is 82.4 Å². The number of amides is 1. The highest BCUT2D eigenvalue weighted by Gasteiger charge is 2.27. The molecule has 1 aromatic heterocycles. The predicted molar refractivity (Wildman–Crippen MR) is 111 cm³/mol. The van der Waals surface area contributed by atoms with Crippen LogP contribution >= 0.6 is 11.6 Å². The molecule has 7 nitrogen and oxygen atoms in total. The average Bonchev–Trinajstić information content (AvgIpc) is 3.40. The summed E-state index contributed by atoms with van der Waals surface area (Å²) >= 11 is 6.06. The fourth-order valence-corrected chi connectivity index (χ4v) is 3.78. The summed E-state index contributed by atoms with van der Waals surface area (Å²) in [4.78, 5) is 14.4. The third kappa shape index (κ3) is 4.67. The number of halogens is 2. The van der Waals surface area contributed by atoms with Crippen LogP contribution < -0.4 is 10.9 Å². The lowest BCUT2D eigenvalue weighted by Crippen LogP contribution is -2.41. The predicted octanol–water partition coefficient (Wildman–Crippen LogP) is 2.80. The Hall–Kier alpha value is -2.81. The minimum absolute atomic E-state index is 0.122. The molecule has 1 saturated heterocycles. The van der Waals surface area contributed by atoms with Gasteiger partial charge in [0.25, 0.3) is 5.91 Å². The molecular weight excluding hydrogens is 407 g/mol. The molecule has 1 aliphatic rings. The number of nitrogens with zero attached hydrogens (tertiary/aromatic N) is 4. The van der Waals surface area contributed by atoms with Crippen LogP contribution in [-0.4, -0.2) is 45.4 Å². The Morgan fingerprint density at radius 1 is 1.27 bits per heavy atom. The van der Waals surface area contributed by atoms with Gasteiger partial charge < -0.3 is 4.90 Å². The molecule has 9 heteroatoms. The first kappa shape index (κ1) is 20.5. The van der Waals surface area contributed by atoms with Gasteiger partial charge in [0.1, 0.15) is 5.82 Å². The highest BCUT2D eigenvalue weighted by Crippen LogP contribution is 2.22. The number of carbonyl (C=O) groups excluding carboxylic acids is 1. The first-order valence-corrected chi connectivity index (χ1v) is 10.0. The first-order chi connectivity index (χ1) is 14.5. The lowest BCUT2D eigenvalue weighted by atomic mass is 10.0. The van der Waals surface area contributed by atoms with Crippen LogP contribution in [0.3, 0.4) is 0 Å². The van der Waals surface area contributed by atoms with Crippen LogP contribution in [0.25, 0.3) is 0 Å². The van der Waals surface area contributed by atoms with Crippen molar-refractivity contribution in [2.45, 2.75) is 25.0 Å². The molecule has 1 amide bonds. The number of hydrogen-bond acceptors (Lipinski definition) is 5. The Morgan fingerprint density at radius 2 is 2.07 bits per heavy atom. The summed E-state index contributed by atoms with van der Waals surface area (Å²) < 4.78 is 14.7. The SMILES string of the molecule is CN(CC1CC(c2ccccc2)NN1)C(=O)c1cn(Cc2ccc(F)cc2Cl)nn1. The standard InChI is InChI=1S/C21H22ClFN6O/c1-28(12-17-10-19(25-24-17)14-5-3-2-4-6-14)21(30)20-13-29(27-26-20)11-15-7-8-16(23)9-18(15)22/h2-9,13,17,19,24-25H,10-12H2,1H3. The van der Waals surface area contributed by atoms with E-state index in [0.717, 1.165) is 6.42 Å². The van der Waals surface area contributed by atoms with Crippen molar-refractivity contribution in [3.8, 4) is 0 Å². The molecule has 1 fully saturated rings. The summed E-state index contributed by atoms with van der Waals surface area (Å²) in [6, 6.07) is 14.7. The Bertz CT molecular complexity index is 1030. The molecular formula is C21H22ClFN6O. The van der Waals surface area contributed by atoms with Gasteiger partial charge in [0.05, 0.1) is 12.7 Å². The van der Waals surface area contributed by atoms with Gasteiger partial charge in [-0.3, -0.25) is 10.2 Å². The van der Waals surface area contributed by atoms with Crippen molar-refractivity contribution in [1.82, 2.24) is 30.7 Å². The summed E-state index contributed by atoms with van der Waals surface area (Å²) in [5.74, 6) is -0.610. The van der Waals surface area contributed by atoms with E-state index in [1.165, 1.54) is 22.4 Å². The van der Waals surface area contributed by atoms with Crippen LogP contribution in [0.2, 0.25) is 5.02 Å². The van der Waals surface area contributed by atoms with E-state index in [2.05, 4.69) is 33.3 Å². The number of rotatable bonds is 6. The maximum atomic E-state index is 13.2. The maximum absolute atomic E-state index is 13.2. The molecule has 30 heavy (non-hydrogen) atoms. The van der Waals surface area contributed by atoms with Gasteiger partial charge in [0.15, 0.2) is 5.69 Å². The van der Waals surface area contributed by atoms with Crippen molar-refractivity contribution < 1.29 is 9.18 Å². The van der Waals surface area contributed by atoms with Gasteiger partial charge in [-0.25, -0.2) is 14.5 Å².